The lowest BCUT2D eigenvalue weighted by Crippen LogP contribution is -2.37. The van der Waals surface area contributed by atoms with E-state index in [-0.39, 0.29) is 12.0 Å². The zero-order valence-electron chi connectivity index (χ0n) is 14.5. The van der Waals surface area contributed by atoms with Crippen molar-refractivity contribution in [1.82, 2.24) is 9.80 Å². The van der Waals surface area contributed by atoms with Crippen LogP contribution in [0.3, 0.4) is 0 Å². The quantitative estimate of drug-likeness (QED) is 0.797. The molecule has 0 spiro atoms. The van der Waals surface area contributed by atoms with E-state index in [9.17, 15) is 4.79 Å². The second-order valence-electron chi connectivity index (χ2n) is 7.42. The van der Waals surface area contributed by atoms with E-state index in [1.54, 1.807) is 7.11 Å². The highest BCUT2D eigenvalue weighted by atomic mass is 16.5. The number of benzene rings is 1. The molecule has 2 aliphatic heterocycles. The smallest absolute Gasteiger partial charge is 0.252 e. The summed E-state index contributed by atoms with van der Waals surface area (Å²) < 4.78 is 11.2. The molecular formula is C19H26N2O3. The molecule has 2 saturated heterocycles. The van der Waals surface area contributed by atoms with Crippen molar-refractivity contribution >= 4 is 5.91 Å². The van der Waals surface area contributed by atoms with Crippen molar-refractivity contribution < 1.29 is 14.3 Å². The SMILES string of the molecule is COc1ccc(CN2C[C@@H]3[C@H](OCC4CC4)C(=O)N(C)[C@@H]3C2)cc1. The topological polar surface area (TPSA) is 42.0 Å². The molecule has 0 N–H and O–H groups in total. The number of ether oxygens (including phenoxy) is 2. The van der Waals surface area contributed by atoms with Gasteiger partial charge in [-0.1, -0.05) is 12.1 Å². The maximum absolute atomic E-state index is 12.5. The van der Waals surface area contributed by atoms with Gasteiger partial charge in [0.25, 0.3) is 5.91 Å². The summed E-state index contributed by atoms with van der Waals surface area (Å²) in [6, 6.07) is 8.53. The summed E-state index contributed by atoms with van der Waals surface area (Å²) in [6.45, 7) is 3.53. The third-order valence-corrected chi connectivity index (χ3v) is 5.66. The molecular weight excluding hydrogens is 304 g/mol. The summed E-state index contributed by atoms with van der Waals surface area (Å²) in [5.41, 5.74) is 1.28. The minimum absolute atomic E-state index is 0.176. The average molecular weight is 330 g/mol. The zero-order valence-corrected chi connectivity index (χ0v) is 14.5. The van der Waals surface area contributed by atoms with Crippen molar-refractivity contribution in [2.24, 2.45) is 11.8 Å². The molecule has 1 aliphatic carbocycles. The minimum Gasteiger partial charge on any atom is -0.497 e. The van der Waals surface area contributed by atoms with Gasteiger partial charge in [-0.15, -0.1) is 0 Å². The number of methoxy groups -OCH3 is 1. The first-order chi connectivity index (χ1) is 11.7. The Morgan fingerprint density at radius 1 is 1.17 bits per heavy atom. The van der Waals surface area contributed by atoms with Gasteiger partial charge in [0.05, 0.1) is 19.8 Å². The fourth-order valence-electron chi connectivity index (χ4n) is 3.99. The van der Waals surface area contributed by atoms with Crippen molar-refractivity contribution in [2.75, 3.05) is 33.9 Å². The molecule has 1 amide bonds. The second kappa shape index (κ2) is 6.37. The molecule has 0 aromatic heterocycles. The Labute approximate surface area is 143 Å². The van der Waals surface area contributed by atoms with Crippen LogP contribution in [0, 0.1) is 11.8 Å². The molecule has 1 saturated carbocycles. The maximum Gasteiger partial charge on any atom is 0.252 e. The molecule has 5 heteroatoms. The van der Waals surface area contributed by atoms with Crippen LogP contribution in [0.2, 0.25) is 0 Å². The average Bonchev–Trinajstić information content (AvgIpc) is 3.29. The van der Waals surface area contributed by atoms with Crippen LogP contribution in [-0.4, -0.2) is 61.7 Å². The summed E-state index contributed by atoms with van der Waals surface area (Å²) in [6.07, 6.45) is 2.28. The van der Waals surface area contributed by atoms with Gasteiger partial charge in [0, 0.05) is 32.6 Å². The first-order valence-corrected chi connectivity index (χ1v) is 8.89. The Balaban J connectivity index is 1.39. The van der Waals surface area contributed by atoms with E-state index >= 15 is 0 Å². The summed E-state index contributed by atoms with van der Waals surface area (Å²) >= 11 is 0. The molecule has 3 aliphatic rings. The summed E-state index contributed by atoms with van der Waals surface area (Å²) in [5, 5.41) is 0. The Morgan fingerprint density at radius 3 is 2.58 bits per heavy atom. The number of likely N-dealkylation sites (tertiary alicyclic amines) is 2. The number of hydrogen-bond donors (Lipinski definition) is 0. The van der Waals surface area contributed by atoms with Crippen molar-refractivity contribution in [2.45, 2.75) is 31.5 Å². The van der Waals surface area contributed by atoms with Crippen LogP contribution < -0.4 is 4.74 Å². The molecule has 1 aromatic carbocycles. The highest BCUT2D eigenvalue weighted by molar-refractivity contribution is 5.84. The van der Waals surface area contributed by atoms with Crippen LogP contribution in [-0.2, 0) is 16.1 Å². The normalized spacial score (nSPS) is 30.0. The Bertz CT molecular complexity index is 599. The fraction of sp³-hybridized carbons (Fsp3) is 0.632. The standard InChI is InChI=1S/C19H26N2O3/c1-20-17-11-21(9-13-5-7-15(23-2)8-6-13)10-16(17)18(19(20)22)24-12-14-3-4-14/h5-8,14,16-18H,3-4,9-12H2,1-2H3/t16-,17+,18-/m0/s1. The number of rotatable bonds is 6. The Kier molecular flexibility index (Phi) is 4.22. The monoisotopic (exact) mass is 330 g/mol. The van der Waals surface area contributed by atoms with E-state index in [1.807, 2.05) is 24.1 Å². The van der Waals surface area contributed by atoms with Crippen LogP contribution in [0.4, 0.5) is 0 Å². The number of carbonyl (C=O) groups is 1. The number of carbonyl (C=O) groups excluding carboxylic acids is 1. The van der Waals surface area contributed by atoms with E-state index in [4.69, 9.17) is 9.47 Å². The second-order valence-corrected chi connectivity index (χ2v) is 7.42. The van der Waals surface area contributed by atoms with Crippen molar-refractivity contribution in [3.8, 4) is 5.75 Å². The van der Waals surface area contributed by atoms with Gasteiger partial charge in [-0.3, -0.25) is 9.69 Å². The first-order valence-electron chi connectivity index (χ1n) is 8.89. The van der Waals surface area contributed by atoms with Crippen molar-refractivity contribution in [1.29, 1.82) is 0 Å². The largest absolute Gasteiger partial charge is 0.497 e. The molecule has 3 fully saturated rings. The molecule has 4 rings (SSSR count). The Hall–Kier alpha value is -1.59. The van der Waals surface area contributed by atoms with Gasteiger partial charge >= 0.3 is 0 Å². The lowest BCUT2D eigenvalue weighted by molar-refractivity contribution is -0.138. The lowest BCUT2D eigenvalue weighted by Gasteiger charge is -2.22. The predicted octanol–water partition coefficient (Wildman–Crippen LogP) is 1.76. The van der Waals surface area contributed by atoms with E-state index in [1.165, 1.54) is 18.4 Å². The van der Waals surface area contributed by atoms with Gasteiger partial charge in [-0.25, -0.2) is 0 Å². The number of hydrogen-bond acceptors (Lipinski definition) is 4. The minimum atomic E-state index is -0.235. The predicted molar refractivity (Wildman–Crippen MR) is 90.8 cm³/mol. The highest BCUT2D eigenvalue weighted by Crippen LogP contribution is 2.36. The van der Waals surface area contributed by atoms with Crippen molar-refractivity contribution in [3.63, 3.8) is 0 Å². The van der Waals surface area contributed by atoms with Gasteiger partial charge in [0.2, 0.25) is 0 Å². The van der Waals surface area contributed by atoms with Crippen LogP contribution in [0.15, 0.2) is 24.3 Å². The molecule has 1 aromatic rings. The number of likely N-dealkylation sites (N-methyl/N-ethyl adjacent to an activating group) is 1. The molecule has 5 nitrogen and oxygen atoms in total. The molecule has 0 unspecified atom stereocenters. The number of fused-ring (bicyclic) bond motifs is 1. The fourth-order valence-corrected chi connectivity index (χ4v) is 3.99. The number of nitrogens with zero attached hydrogens (tertiary/aromatic N) is 2. The third kappa shape index (κ3) is 3.03. The van der Waals surface area contributed by atoms with E-state index in [0.717, 1.165) is 32.0 Å². The number of amides is 1. The highest BCUT2D eigenvalue weighted by Gasteiger charge is 2.51. The molecule has 2 heterocycles. The molecule has 130 valence electrons. The Morgan fingerprint density at radius 2 is 1.92 bits per heavy atom. The third-order valence-electron chi connectivity index (χ3n) is 5.66. The molecule has 24 heavy (non-hydrogen) atoms. The molecule has 0 radical (unpaired) electrons. The van der Waals surface area contributed by atoms with Crippen LogP contribution >= 0.6 is 0 Å². The van der Waals surface area contributed by atoms with Crippen molar-refractivity contribution in [3.05, 3.63) is 29.8 Å². The van der Waals surface area contributed by atoms with Crippen LogP contribution in [0.25, 0.3) is 0 Å². The molecule has 3 atom stereocenters. The van der Waals surface area contributed by atoms with Crippen LogP contribution in [0.5, 0.6) is 5.75 Å². The van der Waals surface area contributed by atoms with Crippen LogP contribution in [0.1, 0.15) is 18.4 Å². The lowest BCUT2D eigenvalue weighted by atomic mass is 10.0. The van der Waals surface area contributed by atoms with E-state index < -0.39 is 0 Å². The summed E-state index contributed by atoms with van der Waals surface area (Å²) in [5.74, 6) is 2.06. The van der Waals surface area contributed by atoms with E-state index in [2.05, 4.69) is 17.0 Å². The summed E-state index contributed by atoms with van der Waals surface area (Å²) in [7, 11) is 3.61. The summed E-state index contributed by atoms with van der Waals surface area (Å²) in [4.78, 5) is 16.8. The van der Waals surface area contributed by atoms with Gasteiger partial charge < -0.3 is 14.4 Å². The zero-order chi connectivity index (χ0) is 16.7. The first kappa shape index (κ1) is 15.9. The molecule has 0 bridgehead atoms. The van der Waals surface area contributed by atoms with Gasteiger partial charge in [-0.2, -0.15) is 0 Å². The van der Waals surface area contributed by atoms with Gasteiger partial charge in [-0.05, 0) is 36.5 Å². The van der Waals surface area contributed by atoms with Gasteiger partial charge in [0.15, 0.2) is 0 Å². The van der Waals surface area contributed by atoms with E-state index in [0.29, 0.717) is 17.9 Å². The maximum atomic E-state index is 12.5. The van der Waals surface area contributed by atoms with Gasteiger partial charge in [0.1, 0.15) is 11.9 Å².